The zero-order chi connectivity index (χ0) is 13.7. The average Bonchev–Trinajstić information content (AvgIpc) is 2.93. The molecule has 1 nitrogen and oxygen atoms in total. The van der Waals surface area contributed by atoms with E-state index < -0.39 is 0 Å². The van der Waals surface area contributed by atoms with E-state index in [2.05, 4.69) is 57.2 Å². The minimum absolute atomic E-state index is 0.624. The molecule has 1 unspecified atom stereocenters. The van der Waals surface area contributed by atoms with Crippen LogP contribution in [0, 0.1) is 0 Å². The number of aryl methyl sites for hydroxylation is 1. The van der Waals surface area contributed by atoms with Crippen molar-refractivity contribution in [2.24, 2.45) is 0 Å². The minimum atomic E-state index is 0.624. The Balaban J connectivity index is 1.92. The predicted molar refractivity (Wildman–Crippen MR) is 83.2 cm³/mol. The van der Waals surface area contributed by atoms with Crippen molar-refractivity contribution in [2.75, 3.05) is 0 Å². The predicted octanol–water partition coefficient (Wildman–Crippen LogP) is 5.40. The Labute approximate surface area is 120 Å². The monoisotopic (exact) mass is 274 g/mol. The zero-order valence-electron chi connectivity index (χ0n) is 12.0. The highest BCUT2D eigenvalue weighted by atomic mass is 32.1. The summed E-state index contributed by atoms with van der Waals surface area (Å²) in [7, 11) is 0. The van der Waals surface area contributed by atoms with Gasteiger partial charge < -0.3 is 4.74 Å². The van der Waals surface area contributed by atoms with Crippen molar-refractivity contribution in [1.82, 2.24) is 0 Å². The molecule has 1 heterocycles. The van der Waals surface area contributed by atoms with E-state index in [9.17, 15) is 0 Å². The van der Waals surface area contributed by atoms with Crippen molar-refractivity contribution in [3.63, 3.8) is 0 Å². The van der Waals surface area contributed by atoms with Crippen LogP contribution < -0.4 is 4.74 Å². The largest absolute Gasteiger partial charge is 0.488 e. The maximum absolute atomic E-state index is 5.83. The van der Waals surface area contributed by atoms with E-state index in [0.29, 0.717) is 12.5 Å². The Morgan fingerprint density at radius 2 is 1.68 bits per heavy atom. The number of rotatable bonds is 6. The lowest BCUT2D eigenvalue weighted by Gasteiger charge is -2.10. The highest BCUT2D eigenvalue weighted by molar-refractivity contribution is 7.11. The standard InChI is InChI=1S/C17H22OS/c1-4-13(3)14-6-8-15(9-7-14)18-12-17-11-10-16(5-2)19-17/h6-11,13H,4-5,12H2,1-3H3. The second-order valence-corrected chi connectivity index (χ2v) is 6.14. The fourth-order valence-corrected chi connectivity index (χ4v) is 2.84. The molecule has 19 heavy (non-hydrogen) atoms. The molecule has 0 radical (unpaired) electrons. The van der Waals surface area contributed by atoms with Crippen molar-refractivity contribution in [2.45, 2.75) is 46.1 Å². The first-order chi connectivity index (χ1) is 9.22. The van der Waals surface area contributed by atoms with Gasteiger partial charge in [-0.2, -0.15) is 0 Å². The molecule has 2 heteroatoms. The highest BCUT2D eigenvalue weighted by Gasteiger charge is 2.03. The SMILES string of the molecule is CCc1ccc(COc2ccc(C(C)CC)cc2)s1. The van der Waals surface area contributed by atoms with E-state index in [1.54, 1.807) is 0 Å². The van der Waals surface area contributed by atoms with E-state index in [0.717, 1.165) is 12.2 Å². The Morgan fingerprint density at radius 3 is 2.26 bits per heavy atom. The number of ether oxygens (including phenoxy) is 1. The van der Waals surface area contributed by atoms with Crippen molar-refractivity contribution >= 4 is 11.3 Å². The Bertz CT molecular complexity index is 498. The third-order valence-electron chi connectivity index (χ3n) is 3.51. The van der Waals surface area contributed by atoms with Gasteiger partial charge >= 0.3 is 0 Å². The maximum atomic E-state index is 5.83. The smallest absolute Gasteiger partial charge is 0.122 e. The number of hydrogen-bond acceptors (Lipinski definition) is 2. The normalized spacial score (nSPS) is 12.4. The molecule has 0 N–H and O–H groups in total. The minimum Gasteiger partial charge on any atom is -0.488 e. The molecule has 0 spiro atoms. The van der Waals surface area contributed by atoms with Gasteiger partial charge in [-0.25, -0.2) is 0 Å². The van der Waals surface area contributed by atoms with Crippen LogP contribution in [0.4, 0.5) is 0 Å². The summed E-state index contributed by atoms with van der Waals surface area (Å²) in [4.78, 5) is 2.72. The van der Waals surface area contributed by atoms with Crippen LogP contribution in [-0.4, -0.2) is 0 Å². The molecular formula is C17H22OS. The van der Waals surface area contributed by atoms with Gasteiger partial charge in [0.15, 0.2) is 0 Å². The Hall–Kier alpha value is -1.28. The third-order valence-corrected chi connectivity index (χ3v) is 4.71. The lowest BCUT2D eigenvalue weighted by Crippen LogP contribution is -1.94. The lowest BCUT2D eigenvalue weighted by atomic mass is 9.99. The molecule has 1 aromatic heterocycles. The number of benzene rings is 1. The quantitative estimate of drug-likeness (QED) is 0.685. The van der Waals surface area contributed by atoms with Gasteiger partial charge in [-0.05, 0) is 48.6 Å². The molecule has 102 valence electrons. The van der Waals surface area contributed by atoms with Gasteiger partial charge in [-0.15, -0.1) is 11.3 Å². The molecule has 0 aliphatic rings. The Morgan fingerprint density at radius 1 is 1.00 bits per heavy atom. The van der Waals surface area contributed by atoms with Gasteiger partial charge in [0.25, 0.3) is 0 Å². The van der Waals surface area contributed by atoms with E-state index in [4.69, 9.17) is 4.74 Å². The van der Waals surface area contributed by atoms with Crippen LogP contribution in [0.5, 0.6) is 5.75 Å². The van der Waals surface area contributed by atoms with Gasteiger partial charge in [0.1, 0.15) is 12.4 Å². The van der Waals surface area contributed by atoms with E-state index in [1.807, 2.05) is 11.3 Å². The van der Waals surface area contributed by atoms with Crippen molar-refractivity contribution < 1.29 is 4.74 Å². The van der Waals surface area contributed by atoms with Gasteiger partial charge in [0.2, 0.25) is 0 Å². The third kappa shape index (κ3) is 3.84. The van der Waals surface area contributed by atoms with Crippen LogP contribution >= 0.6 is 11.3 Å². The molecule has 1 atom stereocenters. The van der Waals surface area contributed by atoms with E-state index in [-0.39, 0.29) is 0 Å². The fourth-order valence-electron chi connectivity index (χ4n) is 1.97. The molecule has 0 aliphatic heterocycles. The molecule has 2 aromatic rings. The first-order valence-electron chi connectivity index (χ1n) is 7.03. The molecule has 0 aliphatic carbocycles. The molecule has 0 amide bonds. The second kappa shape index (κ2) is 6.76. The topological polar surface area (TPSA) is 9.23 Å². The maximum Gasteiger partial charge on any atom is 0.122 e. The van der Waals surface area contributed by atoms with Crippen LogP contribution in [0.3, 0.4) is 0 Å². The molecule has 0 fully saturated rings. The van der Waals surface area contributed by atoms with Crippen LogP contribution in [0.2, 0.25) is 0 Å². The van der Waals surface area contributed by atoms with Gasteiger partial charge in [0.05, 0.1) is 0 Å². The summed E-state index contributed by atoms with van der Waals surface area (Å²) >= 11 is 1.84. The van der Waals surface area contributed by atoms with Crippen LogP contribution in [0.15, 0.2) is 36.4 Å². The van der Waals surface area contributed by atoms with E-state index >= 15 is 0 Å². The van der Waals surface area contributed by atoms with E-state index in [1.165, 1.54) is 21.7 Å². The first-order valence-corrected chi connectivity index (χ1v) is 7.85. The first kappa shape index (κ1) is 14.1. The summed E-state index contributed by atoms with van der Waals surface area (Å²) in [6.45, 7) is 7.34. The van der Waals surface area contributed by atoms with Gasteiger partial charge in [0, 0.05) is 9.75 Å². The molecular weight excluding hydrogens is 252 g/mol. The molecule has 0 saturated carbocycles. The van der Waals surface area contributed by atoms with Crippen LogP contribution in [0.25, 0.3) is 0 Å². The second-order valence-electron chi connectivity index (χ2n) is 4.89. The Kier molecular flexibility index (Phi) is 5.03. The van der Waals surface area contributed by atoms with Crippen molar-refractivity contribution in [3.8, 4) is 5.75 Å². The zero-order valence-corrected chi connectivity index (χ0v) is 12.8. The summed E-state index contributed by atoms with van der Waals surface area (Å²) in [6.07, 6.45) is 2.28. The highest BCUT2D eigenvalue weighted by Crippen LogP contribution is 2.23. The number of hydrogen-bond donors (Lipinski definition) is 0. The summed E-state index contributed by atoms with van der Waals surface area (Å²) in [5.74, 6) is 1.58. The average molecular weight is 274 g/mol. The molecule has 1 aromatic carbocycles. The molecule has 0 saturated heterocycles. The lowest BCUT2D eigenvalue weighted by molar-refractivity contribution is 0.309. The molecule has 0 bridgehead atoms. The van der Waals surface area contributed by atoms with Crippen molar-refractivity contribution in [1.29, 1.82) is 0 Å². The fraction of sp³-hybridized carbons (Fsp3) is 0.412. The summed E-state index contributed by atoms with van der Waals surface area (Å²) in [5.41, 5.74) is 1.39. The molecule has 2 rings (SSSR count). The summed E-state index contributed by atoms with van der Waals surface area (Å²) in [5, 5.41) is 0. The van der Waals surface area contributed by atoms with Gasteiger partial charge in [-0.1, -0.05) is 32.9 Å². The van der Waals surface area contributed by atoms with Crippen LogP contribution in [0.1, 0.15) is 48.4 Å². The van der Waals surface area contributed by atoms with Crippen LogP contribution in [-0.2, 0) is 13.0 Å². The number of thiophene rings is 1. The summed E-state index contributed by atoms with van der Waals surface area (Å²) < 4.78 is 5.83. The van der Waals surface area contributed by atoms with Gasteiger partial charge in [-0.3, -0.25) is 0 Å². The summed E-state index contributed by atoms with van der Waals surface area (Å²) in [6, 6.07) is 12.9. The van der Waals surface area contributed by atoms with Crippen molar-refractivity contribution in [3.05, 3.63) is 51.7 Å².